The molecule has 0 fully saturated rings. The molecule has 0 saturated heterocycles. The largest absolute Gasteiger partial charge is 1.00 e. The van der Waals surface area contributed by atoms with E-state index in [9.17, 15) is 4.79 Å². The Hall–Kier alpha value is 0.670. The summed E-state index contributed by atoms with van der Waals surface area (Å²) in [5, 5.41) is 0. The number of unbranched alkanes of at least 4 members (excludes halogenated alkanes) is 4. The molecule has 0 radical (unpaired) electrons. The molecule has 2 heteroatoms. The number of rotatable bonds is 8. The average molecular weight is 194 g/mol. The second-order valence-electron chi connectivity index (χ2n) is 3.45. The third-order valence-electron chi connectivity index (χ3n) is 2.12. The van der Waals surface area contributed by atoms with E-state index >= 15 is 0 Å². The number of hydrogen-bond acceptors (Lipinski definition) is 1. The van der Waals surface area contributed by atoms with Gasteiger partial charge in [-0.25, -0.2) is 0 Å². The Labute approximate surface area is 106 Å². The summed E-state index contributed by atoms with van der Waals surface area (Å²) in [5.41, 5.74) is 0. The first-order valence-corrected chi connectivity index (χ1v) is 5.33. The molecule has 0 aliphatic rings. The van der Waals surface area contributed by atoms with Crippen LogP contribution in [-0.2, 0) is 4.79 Å². The Morgan fingerprint density at radius 2 is 1.31 bits per heavy atom. The molecular formula is C11H23NaO. The standard InChI is InChI=1S/C11H22O.Na.H/c1-3-5-7-9-11(12)10-8-6-4-2;;/h3-10H2,1-2H3;;/q;+1;-1. The minimum Gasteiger partial charge on any atom is -1.00 e. The second-order valence-corrected chi connectivity index (χ2v) is 3.45. The molecule has 0 saturated carbocycles. The van der Waals surface area contributed by atoms with Crippen LogP contribution in [0.3, 0.4) is 0 Å². The van der Waals surface area contributed by atoms with Crippen molar-refractivity contribution in [3.63, 3.8) is 0 Å². The van der Waals surface area contributed by atoms with E-state index in [4.69, 9.17) is 0 Å². The summed E-state index contributed by atoms with van der Waals surface area (Å²) in [6.45, 7) is 4.34. The predicted molar refractivity (Wildman–Crippen MR) is 54.4 cm³/mol. The van der Waals surface area contributed by atoms with Crippen LogP contribution >= 0.6 is 0 Å². The summed E-state index contributed by atoms with van der Waals surface area (Å²) in [4.78, 5) is 11.2. The van der Waals surface area contributed by atoms with Gasteiger partial charge < -0.3 is 1.43 Å². The van der Waals surface area contributed by atoms with Crippen LogP contribution < -0.4 is 29.6 Å². The van der Waals surface area contributed by atoms with Gasteiger partial charge in [0.1, 0.15) is 5.78 Å². The van der Waals surface area contributed by atoms with Crippen molar-refractivity contribution in [2.75, 3.05) is 0 Å². The van der Waals surface area contributed by atoms with Gasteiger partial charge in [-0.3, -0.25) is 4.79 Å². The van der Waals surface area contributed by atoms with E-state index in [-0.39, 0.29) is 31.0 Å². The van der Waals surface area contributed by atoms with Crippen LogP contribution in [0.4, 0.5) is 0 Å². The third-order valence-corrected chi connectivity index (χ3v) is 2.12. The summed E-state index contributed by atoms with van der Waals surface area (Å²) in [7, 11) is 0. The number of ketones is 1. The maximum absolute atomic E-state index is 11.2. The Balaban J connectivity index is -0.000000605. The summed E-state index contributed by atoms with van der Waals surface area (Å²) in [5.74, 6) is 0.469. The minimum absolute atomic E-state index is 0. The molecule has 0 spiro atoms. The molecule has 0 aliphatic heterocycles. The van der Waals surface area contributed by atoms with Crippen LogP contribution in [-0.4, -0.2) is 5.78 Å². The van der Waals surface area contributed by atoms with Crippen molar-refractivity contribution >= 4 is 5.78 Å². The molecule has 13 heavy (non-hydrogen) atoms. The van der Waals surface area contributed by atoms with Gasteiger partial charge in [0.05, 0.1) is 0 Å². The van der Waals surface area contributed by atoms with Gasteiger partial charge in [0.15, 0.2) is 0 Å². The first-order chi connectivity index (χ1) is 5.81. The van der Waals surface area contributed by atoms with E-state index in [0.717, 1.165) is 25.7 Å². The maximum Gasteiger partial charge on any atom is 1.00 e. The van der Waals surface area contributed by atoms with Gasteiger partial charge in [0.25, 0.3) is 0 Å². The fourth-order valence-corrected chi connectivity index (χ4v) is 1.27. The Bertz CT molecular complexity index is 106. The maximum atomic E-state index is 11.2. The molecule has 0 unspecified atom stereocenters. The van der Waals surface area contributed by atoms with Crippen LogP contribution in [0.5, 0.6) is 0 Å². The first-order valence-electron chi connectivity index (χ1n) is 5.33. The average Bonchev–Trinajstić information content (AvgIpc) is 2.06. The summed E-state index contributed by atoms with van der Waals surface area (Å²) >= 11 is 0. The molecule has 0 aromatic rings. The third kappa shape index (κ3) is 12.7. The minimum atomic E-state index is 0. The van der Waals surface area contributed by atoms with Gasteiger partial charge in [0, 0.05) is 12.8 Å². The zero-order valence-electron chi connectivity index (χ0n) is 10.6. The normalized spacial score (nSPS) is 9.38. The van der Waals surface area contributed by atoms with Crippen LogP contribution in [0.15, 0.2) is 0 Å². The summed E-state index contributed by atoms with van der Waals surface area (Å²) in [6, 6.07) is 0. The molecule has 0 bridgehead atoms. The zero-order chi connectivity index (χ0) is 9.23. The molecule has 0 amide bonds. The molecule has 1 nitrogen and oxygen atoms in total. The van der Waals surface area contributed by atoms with Gasteiger partial charge >= 0.3 is 29.6 Å². The van der Waals surface area contributed by atoms with E-state index in [1.165, 1.54) is 25.7 Å². The number of Topliss-reactive ketones (excluding diaryl/α,β-unsaturated/α-hetero) is 1. The van der Waals surface area contributed by atoms with E-state index in [1.54, 1.807) is 0 Å². The van der Waals surface area contributed by atoms with Gasteiger partial charge in [-0.05, 0) is 12.8 Å². The van der Waals surface area contributed by atoms with Crippen molar-refractivity contribution < 1.29 is 35.8 Å². The van der Waals surface area contributed by atoms with E-state index in [2.05, 4.69) is 13.8 Å². The van der Waals surface area contributed by atoms with Crippen molar-refractivity contribution in [1.29, 1.82) is 0 Å². The quantitative estimate of drug-likeness (QED) is 0.413. The Morgan fingerprint density at radius 3 is 1.62 bits per heavy atom. The van der Waals surface area contributed by atoms with Gasteiger partial charge in [0.2, 0.25) is 0 Å². The zero-order valence-corrected chi connectivity index (χ0v) is 11.6. The van der Waals surface area contributed by atoms with Crippen molar-refractivity contribution in [2.24, 2.45) is 0 Å². The molecule has 0 atom stereocenters. The number of hydrogen-bond donors (Lipinski definition) is 0. The SMILES string of the molecule is CCCCCC(=O)CCCCC.[H-].[Na+]. The van der Waals surface area contributed by atoms with Crippen LogP contribution in [0, 0.1) is 0 Å². The summed E-state index contributed by atoms with van der Waals surface area (Å²) < 4.78 is 0. The number of carbonyl (C=O) groups excluding carboxylic acids is 1. The second kappa shape index (κ2) is 12.7. The van der Waals surface area contributed by atoms with Gasteiger partial charge in [-0.1, -0.05) is 39.5 Å². The monoisotopic (exact) mass is 194 g/mol. The fourth-order valence-electron chi connectivity index (χ4n) is 1.27. The molecule has 0 N–H and O–H groups in total. The molecule has 0 aromatic heterocycles. The summed E-state index contributed by atoms with van der Waals surface area (Å²) in [6.07, 6.45) is 8.67. The van der Waals surface area contributed by atoms with Crippen molar-refractivity contribution in [3.05, 3.63) is 0 Å². The topological polar surface area (TPSA) is 17.1 Å². The van der Waals surface area contributed by atoms with E-state index in [1.807, 2.05) is 0 Å². The molecular weight excluding hydrogens is 171 g/mol. The predicted octanol–water partition coefficient (Wildman–Crippen LogP) is 0.833. The molecule has 0 aliphatic carbocycles. The van der Waals surface area contributed by atoms with Crippen LogP contribution in [0.2, 0.25) is 0 Å². The van der Waals surface area contributed by atoms with Crippen LogP contribution in [0.1, 0.15) is 66.6 Å². The van der Waals surface area contributed by atoms with E-state index < -0.39 is 0 Å². The number of carbonyl (C=O) groups is 1. The molecule has 0 rings (SSSR count). The van der Waals surface area contributed by atoms with Crippen molar-refractivity contribution in [1.82, 2.24) is 0 Å². The Kier molecular flexibility index (Phi) is 15.7. The molecule has 74 valence electrons. The van der Waals surface area contributed by atoms with Crippen molar-refractivity contribution in [3.8, 4) is 0 Å². The fraction of sp³-hybridized carbons (Fsp3) is 0.909. The van der Waals surface area contributed by atoms with Gasteiger partial charge in [-0.15, -0.1) is 0 Å². The smallest absolute Gasteiger partial charge is 1.00 e. The molecule has 0 aromatic carbocycles. The van der Waals surface area contributed by atoms with Crippen molar-refractivity contribution in [2.45, 2.75) is 65.2 Å². The Morgan fingerprint density at radius 1 is 0.923 bits per heavy atom. The van der Waals surface area contributed by atoms with Gasteiger partial charge in [-0.2, -0.15) is 0 Å². The first kappa shape index (κ1) is 16.1. The van der Waals surface area contributed by atoms with Crippen LogP contribution in [0.25, 0.3) is 0 Å². The van der Waals surface area contributed by atoms with E-state index in [0.29, 0.717) is 5.78 Å². The molecule has 0 heterocycles.